The highest BCUT2D eigenvalue weighted by Crippen LogP contribution is 2.20. The van der Waals surface area contributed by atoms with E-state index in [4.69, 9.17) is 16.0 Å². The molecule has 0 aliphatic carbocycles. The van der Waals surface area contributed by atoms with Crippen molar-refractivity contribution in [2.45, 2.75) is 19.4 Å². The van der Waals surface area contributed by atoms with Gasteiger partial charge in [0.25, 0.3) is 0 Å². The lowest BCUT2D eigenvalue weighted by molar-refractivity contribution is 0.563. The highest BCUT2D eigenvalue weighted by Gasteiger charge is 2.18. The van der Waals surface area contributed by atoms with Crippen LogP contribution in [0, 0.1) is 0 Å². The van der Waals surface area contributed by atoms with Crippen LogP contribution in [0.4, 0.5) is 11.9 Å². The summed E-state index contributed by atoms with van der Waals surface area (Å²) in [7, 11) is 1.92. The van der Waals surface area contributed by atoms with Crippen LogP contribution in [0.5, 0.6) is 0 Å². The standard InChI is InChI=1S/C13H16ClN5O/c1-18(8-10-4-7-20-9-10)12-15-11(14)16-13(17-12)19-5-2-3-6-19/h4,7,9H,2-3,5-6,8H2,1H3. The first kappa shape index (κ1) is 13.2. The van der Waals surface area contributed by atoms with Crippen LogP contribution in [-0.2, 0) is 6.54 Å². The first-order valence-corrected chi connectivity index (χ1v) is 6.99. The van der Waals surface area contributed by atoms with Gasteiger partial charge < -0.3 is 14.2 Å². The van der Waals surface area contributed by atoms with Crippen molar-refractivity contribution in [3.63, 3.8) is 0 Å². The molecule has 1 aliphatic heterocycles. The van der Waals surface area contributed by atoms with Gasteiger partial charge in [-0.3, -0.25) is 0 Å². The van der Waals surface area contributed by atoms with Gasteiger partial charge in [-0.05, 0) is 30.5 Å². The van der Waals surface area contributed by atoms with Gasteiger partial charge in [0.05, 0.1) is 12.5 Å². The van der Waals surface area contributed by atoms with Crippen molar-refractivity contribution < 1.29 is 4.42 Å². The Kier molecular flexibility index (Phi) is 3.73. The molecule has 1 aliphatic rings. The molecule has 3 heterocycles. The fourth-order valence-electron chi connectivity index (χ4n) is 2.29. The van der Waals surface area contributed by atoms with Gasteiger partial charge in [0.15, 0.2) is 0 Å². The van der Waals surface area contributed by atoms with E-state index in [1.807, 2.05) is 18.0 Å². The van der Waals surface area contributed by atoms with Crippen LogP contribution < -0.4 is 9.80 Å². The normalized spacial score (nSPS) is 14.8. The highest BCUT2D eigenvalue weighted by atomic mass is 35.5. The van der Waals surface area contributed by atoms with E-state index >= 15 is 0 Å². The Morgan fingerprint density at radius 2 is 2.10 bits per heavy atom. The minimum Gasteiger partial charge on any atom is -0.472 e. The zero-order chi connectivity index (χ0) is 13.9. The second-order valence-corrected chi connectivity index (χ2v) is 5.22. The highest BCUT2D eigenvalue weighted by molar-refractivity contribution is 6.28. The topological polar surface area (TPSA) is 58.3 Å². The molecule has 0 radical (unpaired) electrons. The van der Waals surface area contributed by atoms with Gasteiger partial charge in [-0.15, -0.1) is 0 Å². The largest absolute Gasteiger partial charge is 0.472 e. The molecule has 0 spiro atoms. The average molecular weight is 294 g/mol. The van der Waals surface area contributed by atoms with E-state index in [1.54, 1.807) is 12.5 Å². The Balaban J connectivity index is 1.81. The van der Waals surface area contributed by atoms with Crippen LogP contribution >= 0.6 is 11.6 Å². The van der Waals surface area contributed by atoms with Crippen LogP contribution in [0.3, 0.4) is 0 Å². The van der Waals surface area contributed by atoms with E-state index in [0.717, 1.165) is 18.7 Å². The second kappa shape index (κ2) is 5.66. The van der Waals surface area contributed by atoms with Gasteiger partial charge in [0.1, 0.15) is 0 Å². The molecule has 0 saturated carbocycles. The van der Waals surface area contributed by atoms with E-state index in [-0.39, 0.29) is 5.28 Å². The molecule has 0 bridgehead atoms. The number of nitrogens with zero attached hydrogens (tertiary/aromatic N) is 5. The molecule has 6 nitrogen and oxygen atoms in total. The summed E-state index contributed by atoms with van der Waals surface area (Å²) in [5.74, 6) is 1.24. The predicted molar refractivity (Wildman–Crippen MR) is 77.1 cm³/mol. The molecule has 7 heteroatoms. The molecule has 1 fully saturated rings. The molecule has 0 aromatic carbocycles. The number of hydrogen-bond acceptors (Lipinski definition) is 6. The fraction of sp³-hybridized carbons (Fsp3) is 0.462. The molecule has 106 valence electrons. The van der Waals surface area contributed by atoms with Gasteiger partial charge in [0, 0.05) is 32.2 Å². The molecule has 2 aromatic rings. The van der Waals surface area contributed by atoms with Gasteiger partial charge in [0.2, 0.25) is 17.2 Å². The molecule has 20 heavy (non-hydrogen) atoms. The predicted octanol–water partition coefficient (Wildman–Crippen LogP) is 2.35. The summed E-state index contributed by atoms with van der Waals surface area (Å²) in [5.41, 5.74) is 1.06. The molecular weight excluding hydrogens is 278 g/mol. The number of hydrogen-bond donors (Lipinski definition) is 0. The third-order valence-corrected chi connectivity index (χ3v) is 3.48. The first-order valence-electron chi connectivity index (χ1n) is 6.61. The van der Waals surface area contributed by atoms with Crippen LogP contribution in [-0.4, -0.2) is 35.1 Å². The molecular formula is C13H16ClN5O. The van der Waals surface area contributed by atoms with E-state index < -0.39 is 0 Å². The number of halogens is 1. The maximum Gasteiger partial charge on any atom is 0.231 e. The van der Waals surface area contributed by atoms with Gasteiger partial charge in [-0.25, -0.2) is 0 Å². The molecule has 0 atom stereocenters. The third-order valence-electron chi connectivity index (χ3n) is 3.31. The maximum atomic E-state index is 6.02. The number of anilines is 2. The van der Waals surface area contributed by atoms with E-state index in [0.29, 0.717) is 18.4 Å². The summed E-state index contributed by atoms with van der Waals surface area (Å²) in [4.78, 5) is 17.0. The SMILES string of the molecule is CN(Cc1ccoc1)c1nc(Cl)nc(N2CCCC2)n1. The monoisotopic (exact) mass is 293 g/mol. The number of rotatable bonds is 4. The van der Waals surface area contributed by atoms with Crippen LogP contribution in [0.15, 0.2) is 23.0 Å². The van der Waals surface area contributed by atoms with Crippen molar-refractivity contribution >= 4 is 23.5 Å². The zero-order valence-electron chi connectivity index (χ0n) is 11.3. The summed E-state index contributed by atoms with van der Waals surface area (Å²) in [5, 5.41) is 0.232. The summed E-state index contributed by atoms with van der Waals surface area (Å²) >= 11 is 6.02. The molecule has 0 amide bonds. The Morgan fingerprint density at radius 3 is 2.80 bits per heavy atom. The van der Waals surface area contributed by atoms with Gasteiger partial charge >= 0.3 is 0 Å². The summed E-state index contributed by atoms with van der Waals surface area (Å²) < 4.78 is 5.07. The second-order valence-electron chi connectivity index (χ2n) is 4.89. The van der Waals surface area contributed by atoms with E-state index in [2.05, 4.69) is 19.9 Å². The van der Waals surface area contributed by atoms with Crippen LogP contribution in [0.2, 0.25) is 5.28 Å². The Morgan fingerprint density at radius 1 is 1.30 bits per heavy atom. The van der Waals surface area contributed by atoms with Crippen LogP contribution in [0.1, 0.15) is 18.4 Å². The van der Waals surface area contributed by atoms with Crippen molar-refractivity contribution in [3.05, 3.63) is 29.4 Å². The zero-order valence-corrected chi connectivity index (χ0v) is 12.0. The van der Waals surface area contributed by atoms with Crippen molar-refractivity contribution in [1.29, 1.82) is 0 Å². The molecule has 2 aromatic heterocycles. The van der Waals surface area contributed by atoms with Crippen molar-refractivity contribution in [2.75, 3.05) is 29.9 Å². The Bertz CT molecular complexity index is 568. The lowest BCUT2D eigenvalue weighted by Gasteiger charge is -2.19. The number of furan rings is 1. The minimum atomic E-state index is 0.232. The van der Waals surface area contributed by atoms with Crippen LogP contribution in [0.25, 0.3) is 0 Å². The van der Waals surface area contributed by atoms with E-state index in [9.17, 15) is 0 Å². The first-order chi connectivity index (χ1) is 9.72. The van der Waals surface area contributed by atoms with Crippen molar-refractivity contribution in [3.8, 4) is 0 Å². The number of aromatic nitrogens is 3. The lowest BCUT2D eigenvalue weighted by Crippen LogP contribution is -2.24. The molecule has 0 N–H and O–H groups in total. The summed E-state index contributed by atoms with van der Waals surface area (Å²) in [6.07, 6.45) is 5.70. The van der Waals surface area contributed by atoms with Gasteiger partial charge in [-0.1, -0.05) is 0 Å². The minimum absolute atomic E-state index is 0.232. The quantitative estimate of drug-likeness (QED) is 0.862. The lowest BCUT2D eigenvalue weighted by atomic mass is 10.3. The van der Waals surface area contributed by atoms with Gasteiger partial charge in [-0.2, -0.15) is 15.0 Å². The molecule has 3 rings (SSSR count). The molecule has 1 saturated heterocycles. The van der Waals surface area contributed by atoms with Crippen molar-refractivity contribution in [2.24, 2.45) is 0 Å². The average Bonchev–Trinajstić information content (AvgIpc) is 3.11. The fourth-order valence-corrected chi connectivity index (χ4v) is 2.44. The van der Waals surface area contributed by atoms with Crippen molar-refractivity contribution in [1.82, 2.24) is 15.0 Å². The smallest absolute Gasteiger partial charge is 0.231 e. The third kappa shape index (κ3) is 2.85. The Hall–Kier alpha value is -1.82. The van der Waals surface area contributed by atoms with E-state index in [1.165, 1.54) is 12.8 Å². The molecule has 0 unspecified atom stereocenters. The maximum absolute atomic E-state index is 6.02. The summed E-state index contributed by atoms with van der Waals surface area (Å²) in [6.45, 7) is 2.62. The Labute approximate surface area is 122 Å². The summed E-state index contributed by atoms with van der Waals surface area (Å²) in [6, 6.07) is 1.92.